The summed E-state index contributed by atoms with van der Waals surface area (Å²) in [6.45, 7) is 0.207. The Morgan fingerprint density at radius 3 is 2.32 bits per heavy atom. The van der Waals surface area contributed by atoms with Crippen molar-refractivity contribution in [1.29, 1.82) is 0 Å². The van der Waals surface area contributed by atoms with Gasteiger partial charge in [-0.25, -0.2) is 8.78 Å². The maximum absolute atomic E-state index is 13.4. The quantitative estimate of drug-likeness (QED) is 0.675. The van der Waals surface area contributed by atoms with Crippen LogP contribution in [0, 0.1) is 11.6 Å². The summed E-state index contributed by atoms with van der Waals surface area (Å²) >= 11 is 0. The highest BCUT2D eigenvalue weighted by atomic mass is 19.1. The number of hydrogen-bond donors (Lipinski definition) is 3. The molecule has 0 spiro atoms. The summed E-state index contributed by atoms with van der Waals surface area (Å²) in [4.78, 5) is 22.1. The van der Waals surface area contributed by atoms with Gasteiger partial charge in [0.25, 0.3) is 5.91 Å². The van der Waals surface area contributed by atoms with E-state index < -0.39 is 23.4 Å². The second kappa shape index (κ2) is 6.67. The number of anilines is 1. The highest BCUT2D eigenvalue weighted by Crippen LogP contribution is 2.20. The van der Waals surface area contributed by atoms with E-state index >= 15 is 0 Å². The first kappa shape index (κ1) is 14.9. The Hall–Kier alpha value is -2.18. The van der Waals surface area contributed by atoms with Gasteiger partial charge < -0.3 is 16.4 Å². The topological polar surface area (TPSA) is 84.2 Å². The summed E-state index contributed by atoms with van der Waals surface area (Å²) < 4.78 is 26.8. The number of carbonyl (C=O) groups is 2. The maximum Gasteiger partial charge on any atom is 0.251 e. The lowest BCUT2D eigenvalue weighted by atomic mass is 10.1. The zero-order valence-electron chi connectivity index (χ0n) is 10.4. The molecule has 4 N–H and O–H groups in total. The van der Waals surface area contributed by atoms with Crippen molar-refractivity contribution < 1.29 is 18.4 Å². The largest absolute Gasteiger partial charge is 0.383 e. The van der Waals surface area contributed by atoms with Gasteiger partial charge in [-0.3, -0.25) is 9.59 Å². The third kappa shape index (κ3) is 4.20. The first-order valence-electron chi connectivity index (χ1n) is 5.69. The van der Waals surface area contributed by atoms with Gasteiger partial charge in [-0.15, -0.1) is 0 Å². The molecule has 0 fully saturated rings. The molecule has 0 aliphatic rings. The zero-order valence-corrected chi connectivity index (χ0v) is 10.4. The summed E-state index contributed by atoms with van der Waals surface area (Å²) in [6.07, 6.45) is 0.516. The molecule has 1 aromatic carbocycles. The van der Waals surface area contributed by atoms with Crippen LogP contribution < -0.4 is 16.4 Å². The van der Waals surface area contributed by atoms with Crippen molar-refractivity contribution in [2.45, 2.75) is 12.8 Å². The molecule has 104 valence electrons. The average Bonchev–Trinajstić information content (AvgIpc) is 2.33. The minimum absolute atomic E-state index is 0.118. The summed E-state index contributed by atoms with van der Waals surface area (Å²) in [5.74, 6) is -2.76. The van der Waals surface area contributed by atoms with Crippen molar-refractivity contribution in [3.05, 3.63) is 29.3 Å². The van der Waals surface area contributed by atoms with Crippen LogP contribution in [0.1, 0.15) is 23.2 Å². The molecule has 7 heteroatoms. The van der Waals surface area contributed by atoms with Crippen molar-refractivity contribution in [2.75, 3.05) is 18.9 Å². The number of benzene rings is 1. The number of hydrogen-bond acceptors (Lipinski definition) is 3. The molecule has 0 saturated carbocycles. The molecule has 0 aliphatic carbocycles. The predicted molar refractivity (Wildman–Crippen MR) is 66.7 cm³/mol. The van der Waals surface area contributed by atoms with E-state index in [1.807, 2.05) is 0 Å². The van der Waals surface area contributed by atoms with Gasteiger partial charge in [0, 0.05) is 25.6 Å². The standard InChI is InChI=1S/C12H15F2N3O2/c1-16-11-8(13)5-7(6-9(11)14)12(19)17-4-2-3-10(15)18/h5-6,16H,2-4H2,1H3,(H2,15,18)(H,17,19). The minimum Gasteiger partial charge on any atom is -0.383 e. The molecule has 19 heavy (non-hydrogen) atoms. The van der Waals surface area contributed by atoms with Gasteiger partial charge in [0.05, 0.1) is 0 Å². The molecule has 1 rings (SSSR count). The minimum atomic E-state index is -0.843. The number of halogens is 2. The van der Waals surface area contributed by atoms with Crippen LogP contribution in [0.5, 0.6) is 0 Å². The second-order valence-corrected chi connectivity index (χ2v) is 3.89. The fraction of sp³-hybridized carbons (Fsp3) is 0.333. The lowest BCUT2D eigenvalue weighted by Crippen LogP contribution is -2.26. The van der Waals surface area contributed by atoms with Gasteiger partial charge in [-0.1, -0.05) is 0 Å². The molecular weight excluding hydrogens is 256 g/mol. The van der Waals surface area contributed by atoms with E-state index in [2.05, 4.69) is 10.6 Å². The first-order chi connectivity index (χ1) is 8.95. The molecule has 0 radical (unpaired) electrons. The molecular formula is C12H15F2N3O2. The summed E-state index contributed by atoms with van der Waals surface area (Å²) in [6, 6.07) is 1.89. The highest BCUT2D eigenvalue weighted by molar-refractivity contribution is 5.94. The van der Waals surface area contributed by atoms with Crippen molar-refractivity contribution in [3.8, 4) is 0 Å². The molecule has 0 heterocycles. The van der Waals surface area contributed by atoms with Crippen LogP contribution in [0.25, 0.3) is 0 Å². The maximum atomic E-state index is 13.4. The van der Waals surface area contributed by atoms with Crippen LogP contribution in [0.15, 0.2) is 12.1 Å². The van der Waals surface area contributed by atoms with E-state index in [1.165, 1.54) is 7.05 Å². The molecule has 0 aromatic heterocycles. The average molecular weight is 271 g/mol. The Morgan fingerprint density at radius 2 is 1.84 bits per heavy atom. The van der Waals surface area contributed by atoms with E-state index in [0.717, 1.165) is 12.1 Å². The second-order valence-electron chi connectivity index (χ2n) is 3.89. The molecule has 5 nitrogen and oxygen atoms in total. The molecule has 0 unspecified atom stereocenters. The van der Waals surface area contributed by atoms with E-state index in [1.54, 1.807) is 0 Å². The number of nitrogens with one attached hydrogen (secondary N) is 2. The smallest absolute Gasteiger partial charge is 0.251 e. The summed E-state index contributed by atoms with van der Waals surface area (Å²) in [5.41, 5.74) is 4.53. The third-order valence-corrected chi connectivity index (χ3v) is 2.44. The Morgan fingerprint density at radius 1 is 1.26 bits per heavy atom. The lowest BCUT2D eigenvalue weighted by Gasteiger charge is -2.08. The Kier molecular flexibility index (Phi) is 5.23. The number of amides is 2. The first-order valence-corrected chi connectivity index (χ1v) is 5.69. The number of primary amides is 1. The van der Waals surface area contributed by atoms with Crippen LogP contribution in [-0.2, 0) is 4.79 Å². The van der Waals surface area contributed by atoms with Crippen molar-refractivity contribution >= 4 is 17.5 Å². The van der Waals surface area contributed by atoms with Gasteiger partial charge in [0.1, 0.15) is 17.3 Å². The molecule has 0 atom stereocenters. The predicted octanol–water partition coefficient (Wildman–Crippen LogP) is 1.00. The zero-order chi connectivity index (χ0) is 14.4. The van der Waals surface area contributed by atoms with Gasteiger partial charge in [0.2, 0.25) is 5.91 Å². The normalized spacial score (nSPS) is 10.1. The molecule has 2 amide bonds. The van der Waals surface area contributed by atoms with Crippen molar-refractivity contribution in [1.82, 2.24) is 5.32 Å². The lowest BCUT2D eigenvalue weighted by molar-refractivity contribution is -0.118. The molecule has 0 bridgehead atoms. The van der Waals surface area contributed by atoms with Gasteiger partial charge in [0.15, 0.2) is 0 Å². The Bertz CT molecular complexity index is 469. The Labute approximate surface area is 109 Å². The van der Waals surface area contributed by atoms with Crippen LogP contribution in [0.2, 0.25) is 0 Å². The van der Waals surface area contributed by atoms with Gasteiger partial charge in [-0.2, -0.15) is 0 Å². The number of rotatable bonds is 6. The van der Waals surface area contributed by atoms with Crippen molar-refractivity contribution in [2.24, 2.45) is 5.73 Å². The van der Waals surface area contributed by atoms with Crippen molar-refractivity contribution in [3.63, 3.8) is 0 Å². The Balaban J connectivity index is 2.65. The molecule has 1 aromatic rings. The highest BCUT2D eigenvalue weighted by Gasteiger charge is 2.13. The van der Waals surface area contributed by atoms with E-state index in [9.17, 15) is 18.4 Å². The van der Waals surface area contributed by atoms with Crippen LogP contribution in [0.3, 0.4) is 0 Å². The van der Waals surface area contributed by atoms with E-state index in [0.29, 0.717) is 6.42 Å². The van der Waals surface area contributed by atoms with Gasteiger partial charge in [-0.05, 0) is 18.6 Å². The van der Waals surface area contributed by atoms with Gasteiger partial charge >= 0.3 is 0 Å². The molecule has 0 saturated heterocycles. The van der Waals surface area contributed by atoms with E-state index in [-0.39, 0.29) is 24.2 Å². The van der Waals surface area contributed by atoms with Crippen LogP contribution in [-0.4, -0.2) is 25.4 Å². The third-order valence-electron chi connectivity index (χ3n) is 2.44. The number of carbonyl (C=O) groups excluding carboxylic acids is 2. The van der Waals surface area contributed by atoms with E-state index in [4.69, 9.17) is 5.73 Å². The number of nitrogens with two attached hydrogens (primary N) is 1. The van der Waals surface area contributed by atoms with Crippen LogP contribution in [0.4, 0.5) is 14.5 Å². The molecule has 0 aliphatic heterocycles. The SMILES string of the molecule is CNc1c(F)cc(C(=O)NCCCC(N)=O)cc1F. The van der Waals surface area contributed by atoms with Crippen LogP contribution >= 0.6 is 0 Å². The summed E-state index contributed by atoms with van der Waals surface area (Å²) in [5, 5.41) is 4.81. The summed E-state index contributed by atoms with van der Waals surface area (Å²) in [7, 11) is 1.38. The monoisotopic (exact) mass is 271 g/mol. The fourth-order valence-electron chi connectivity index (χ4n) is 1.51. The fourth-order valence-corrected chi connectivity index (χ4v) is 1.51.